The molecule has 172 valence electrons. The van der Waals surface area contributed by atoms with E-state index in [2.05, 4.69) is 26.0 Å². The summed E-state index contributed by atoms with van der Waals surface area (Å²) in [5, 5.41) is 4.42. The topological polar surface area (TPSA) is 95.3 Å². The third-order valence-corrected chi connectivity index (χ3v) is 4.31. The lowest BCUT2D eigenvalue weighted by Crippen LogP contribution is -2.48. The molecule has 0 unspecified atom stereocenters. The van der Waals surface area contributed by atoms with Crippen molar-refractivity contribution in [3.8, 4) is 0 Å². The van der Waals surface area contributed by atoms with Gasteiger partial charge >= 0.3 is 12.2 Å². The summed E-state index contributed by atoms with van der Waals surface area (Å²) in [4.78, 5) is 30.9. The molecule has 0 aliphatic heterocycles. The number of ether oxygens (including phenoxy) is 3. The van der Waals surface area contributed by atoms with Gasteiger partial charge in [-0.05, 0) is 71.3 Å². The maximum absolute atomic E-state index is 13.1. The highest BCUT2D eigenvalue weighted by Crippen LogP contribution is 2.28. The van der Waals surface area contributed by atoms with Gasteiger partial charge in [0.15, 0.2) is 5.65 Å². The number of aromatic nitrogens is 3. The lowest BCUT2D eigenvalue weighted by molar-refractivity contribution is -0.0509. The Bertz CT molecular complexity index is 978. The first-order chi connectivity index (χ1) is 14.0. The fraction of sp³-hybridized carbons (Fsp3) is 0.600. The first-order valence-electron chi connectivity index (χ1n) is 9.60. The minimum absolute atomic E-state index is 0.0614. The second kappa shape index (κ2) is 8.82. The van der Waals surface area contributed by atoms with E-state index in [4.69, 9.17) is 25.8 Å². The van der Waals surface area contributed by atoms with Crippen LogP contribution in [0.25, 0.3) is 5.65 Å². The fourth-order valence-electron chi connectivity index (χ4n) is 2.55. The number of carbonyl (C=O) groups excluding carboxylic acids is 2. The van der Waals surface area contributed by atoms with Crippen LogP contribution in [-0.2, 0) is 14.2 Å². The molecule has 11 heteroatoms. The molecule has 2 aromatic rings. The average Bonchev–Trinajstić information content (AvgIpc) is 2.89. The Morgan fingerprint density at radius 1 is 1.06 bits per heavy atom. The van der Waals surface area contributed by atoms with Crippen LogP contribution in [0.1, 0.15) is 55.4 Å². The van der Waals surface area contributed by atoms with Crippen molar-refractivity contribution in [3.63, 3.8) is 0 Å². The minimum Gasteiger partial charge on any atom is -0.443 e. The molecule has 2 heterocycles. The second-order valence-electron chi connectivity index (χ2n) is 9.56. The Kier molecular flexibility index (Phi) is 7.17. The van der Waals surface area contributed by atoms with Crippen LogP contribution in [0.4, 0.5) is 15.4 Å². The molecule has 31 heavy (non-hydrogen) atoms. The SMILES string of the molecule is CC(C)(C)OC(=O)OC(C)(C)CN(C(=O)OC(C)(C)C)c1cc(Cl)nc2c(Br)cnn12. The number of nitrogens with zero attached hydrogens (tertiary/aromatic N) is 4. The van der Waals surface area contributed by atoms with Gasteiger partial charge in [0, 0.05) is 6.07 Å². The van der Waals surface area contributed by atoms with E-state index in [1.807, 2.05) is 0 Å². The van der Waals surface area contributed by atoms with Crippen molar-refractivity contribution < 1.29 is 23.8 Å². The van der Waals surface area contributed by atoms with Gasteiger partial charge in [0.1, 0.15) is 27.8 Å². The molecular formula is C20H28BrClN4O5. The van der Waals surface area contributed by atoms with Crippen molar-refractivity contribution in [1.29, 1.82) is 0 Å². The second-order valence-corrected chi connectivity index (χ2v) is 10.8. The third-order valence-electron chi connectivity index (χ3n) is 3.56. The summed E-state index contributed by atoms with van der Waals surface area (Å²) in [6, 6.07) is 1.49. The summed E-state index contributed by atoms with van der Waals surface area (Å²) >= 11 is 9.57. The van der Waals surface area contributed by atoms with Crippen LogP contribution in [0.15, 0.2) is 16.7 Å². The van der Waals surface area contributed by atoms with Gasteiger partial charge in [-0.25, -0.2) is 14.6 Å². The lowest BCUT2D eigenvalue weighted by atomic mass is 10.1. The summed E-state index contributed by atoms with van der Waals surface area (Å²) in [7, 11) is 0. The number of hydrogen-bond acceptors (Lipinski definition) is 7. The van der Waals surface area contributed by atoms with Gasteiger partial charge in [-0.3, -0.25) is 4.90 Å². The van der Waals surface area contributed by atoms with E-state index in [0.29, 0.717) is 15.9 Å². The average molecular weight is 520 g/mol. The summed E-state index contributed by atoms with van der Waals surface area (Å²) in [6.45, 7) is 13.7. The summed E-state index contributed by atoms with van der Waals surface area (Å²) < 4.78 is 18.4. The summed E-state index contributed by atoms with van der Waals surface area (Å²) in [6.07, 6.45) is 0.0301. The Hall–Kier alpha value is -2.07. The number of fused-ring (bicyclic) bond motifs is 1. The van der Waals surface area contributed by atoms with Crippen LogP contribution in [-0.4, -0.2) is 50.2 Å². The Morgan fingerprint density at radius 2 is 1.65 bits per heavy atom. The van der Waals surface area contributed by atoms with Gasteiger partial charge in [0.2, 0.25) is 0 Å². The van der Waals surface area contributed by atoms with E-state index in [1.165, 1.54) is 21.7 Å². The number of rotatable bonds is 4. The molecule has 1 amide bonds. The normalized spacial score (nSPS) is 12.6. The first kappa shape index (κ1) is 25.2. The van der Waals surface area contributed by atoms with Crippen LogP contribution < -0.4 is 4.90 Å². The number of amides is 1. The number of carbonyl (C=O) groups is 2. The zero-order chi connectivity index (χ0) is 23.8. The molecule has 0 N–H and O–H groups in total. The van der Waals surface area contributed by atoms with Crippen molar-refractivity contribution in [3.05, 3.63) is 21.9 Å². The van der Waals surface area contributed by atoms with Crippen molar-refractivity contribution in [2.24, 2.45) is 0 Å². The maximum Gasteiger partial charge on any atom is 0.509 e. The quantitative estimate of drug-likeness (QED) is 0.382. The highest BCUT2D eigenvalue weighted by atomic mass is 79.9. The number of halogens is 2. The van der Waals surface area contributed by atoms with E-state index >= 15 is 0 Å². The van der Waals surface area contributed by atoms with Crippen LogP contribution >= 0.6 is 27.5 Å². The predicted octanol–water partition coefficient (Wildman–Crippen LogP) is 5.62. The van der Waals surface area contributed by atoms with E-state index in [9.17, 15) is 9.59 Å². The molecule has 0 saturated carbocycles. The van der Waals surface area contributed by atoms with Crippen molar-refractivity contribution in [2.75, 3.05) is 11.4 Å². The van der Waals surface area contributed by atoms with E-state index in [1.54, 1.807) is 55.4 Å². The Morgan fingerprint density at radius 3 is 2.19 bits per heavy atom. The molecule has 9 nitrogen and oxygen atoms in total. The molecule has 0 aliphatic carbocycles. The van der Waals surface area contributed by atoms with E-state index in [0.717, 1.165) is 0 Å². The molecule has 0 atom stereocenters. The fourth-order valence-corrected chi connectivity index (χ4v) is 3.08. The van der Waals surface area contributed by atoms with Crippen LogP contribution in [0.3, 0.4) is 0 Å². The molecule has 2 aromatic heterocycles. The minimum atomic E-state index is -1.13. The van der Waals surface area contributed by atoms with E-state index < -0.39 is 29.1 Å². The largest absolute Gasteiger partial charge is 0.509 e. The smallest absolute Gasteiger partial charge is 0.443 e. The van der Waals surface area contributed by atoms with Crippen LogP contribution in [0.5, 0.6) is 0 Å². The highest BCUT2D eigenvalue weighted by Gasteiger charge is 2.35. The number of anilines is 1. The van der Waals surface area contributed by atoms with Crippen LogP contribution in [0.2, 0.25) is 5.15 Å². The molecular weight excluding hydrogens is 492 g/mol. The van der Waals surface area contributed by atoms with Crippen molar-refractivity contribution in [1.82, 2.24) is 14.6 Å². The molecule has 2 rings (SSSR count). The van der Waals surface area contributed by atoms with Gasteiger partial charge in [0.25, 0.3) is 0 Å². The highest BCUT2D eigenvalue weighted by molar-refractivity contribution is 9.10. The van der Waals surface area contributed by atoms with Gasteiger partial charge in [-0.2, -0.15) is 9.61 Å². The van der Waals surface area contributed by atoms with Crippen LogP contribution in [0, 0.1) is 0 Å². The molecule has 0 spiro atoms. The molecule has 0 saturated heterocycles. The van der Waals surface area contributed by atoms with Crippen molar-refractivity contribution in [2.45, 2.75) is 72.2 Å². The monoisotopic (exact) mass is 518 g/mol. The van der Waals surface area contributed by atoms with Gasteiger partial charge in [-0.1, -0.05) is 11.6 Å². The zero-order valence-corrected chi connectivity index (χ0v) is 21.3. The Balaban J connectivity index is 2.45. The molecule has 0 aromatic carbocycles. The van der Waals surface area contributed by atoms with E-state index in [-0.39, 0.29) is 11.7 Å². The van der Waals surface area contributed by atoms with Gasteiger partial charge in [-0.15, -0.1) is 0 Å². The summed E-state index contributed by atoms with van der Waals surface area (Å²) in [5.74, 6) is 0.302. The predicted molar refractivity (Wildman–Crippen MR) is 121 cm³/mol. The third kappa shape index (κ3) is 7.24. The maximum atomic E-state index is 13.1. The lowest BCUT2D eigenvalue weighted by Gasteiger charge is -2.34. The van der Waals surface area contributed by atoms with Gasteiger partial charge in [0.05, 0.1) is 17.2 Å². The molecule has 0 radical (unpaired) electrons. The molecule has 0 aliphatic rings. The Labute approximate surface area is 195 Å². The number of hydrogen-bond donors (Lipinski definition) is 0. The molecule has 0 fully saturated rings. The molecule has 0 bridgehead atoms. The first-order valence-corrected chi connectivity index (χ1v) is 10.8. The van der Waals surface area contributed by atoms with Crippen molar-refractivity contribution >= 4 is 51.2 Å². The standard InChI is InChI=1S/C20H28BrClN4O5/c1-18(2,3)29-16(27)25(11-20(7,8)31-17(28)30-19(4,5)6)14-9-13(22)24-15-12(21)10-23-26(14)15/h9-10H,11H2,1-8H3. The summed E-state index contributed by atoms with van der Waals surface area (Å²) in [5.41, 5.74) is -2.19. The van der Waals surface area contributed by atoms with Gasteiger partial charge < -0.3 is 14.2 Å². The zero-order valence-electron chi connectivity index (χ0n) is 18.9.